The maximum absolute atomic E-state index is 5.93. The molecule has 0 saturated carbocycles. The zero-order valence-electron chi connectivity index (χ0n) is 10.4. The summed E-state index contributed by atoms with van der Waals surface area (Å²) in [7, 11) is 1.63. The Balaban J connectivity index is 2.32. The zero-order chi connectivity index (χ0) is 14.7. The Morgan fingerprint density at radius 2 is 1.45 bits per heavy atom. The van der Waals surface area contributed by atoms with Crippen molar-refractivity contribution >= 4 is 63.7 Å². The lowest BCUT2D eigenvalue weighted by atomic mass is 10.2. The molecular formula is C14H10Br4O2. The van der Waals surface area contributed by atoms with Crippen LogP contribution in [0.5, 0.6) is 17.2 Å². The van der Waals surface area contributed by atoms with Crippen molar-refractivity contribution in [2.75, 3.05) is 7.11 Å². The molecule has 0 saturated heterocycles. The predicted molar refractivity (Wildman–Crippen MR) is 95.2 cm³/mol. The quantitative estimate of drug-likeness (QED) is 0.412. The number of alkyl halides is 1. The maximum atomic E-state index is 5.93. The van der Waals surface area contributed by atoms with Crippen LogP contribution in [-0.2, 0) is 5.33 Å². The molecule has 0 aliphatic heterocycles. The molecule has 6 heteroatoms. The number of rotatable bonds is 4. The molecule has 2 aromatic rings. The first-order valence-corrected chi connectivity index (χ1v) is 9.10. The number of benzene rings is 2. The van der Waals surface area contributed by atoms with E-state index >= 15 is 0 Å². The molecule has 0 N–H and O–H groups in total. The monoisotopic (exact) mass is 526 g/mol. The van der Waals surface area contributed by atoms with E-state index < -0.39 is 0 Å². The van der Waals surface area contributed by atoms with Crippen LogP contribution >= 0.6 is 63.7 Å². The fourth-order valence-corrected chi connectivity index (χ4v) is 3.32. The van der Waals surface area contributed by atoms with Crippen LogP contribution in [0.3, 0.4) is 0 Å². The van der Waals surface area contributed by atoms with Gasteiger partial charge < -0.3 is 9.47 Å². The fourth-order valence-electron chi connectivity index (χ4n) is 1.57. The van der Waals surface area contributed by atoms with E-state index in [2.05, 4.69) is 63.7 Å². The maximum Gasteiger partial charge on any atom is 0.143 e. The summed E-state index contributed by atoms with van der Waals surface area (Å²) in [5.74, 6) is 2.22. The Bertz CT molecular complexity index is 629. The molecule has 0 unspecified atom stereocenters. The smallest absolute Gasteiger partial charge is 0.143 e. The van der Waals surface area contributed by atoms with Gasteiger partial charge in [0.15, 0.2) is 0 Å². The summed E-state index contributed by atoms with van der Waals surface area (Å²) in [6.45, 7) is 0. The van der Waals surface area contributed by atoms with Crippen molar-refractivity contribution in [2.45, 2.75) is 5.33 Å². The molecule has 2 rings (SSSR count). The zero-order valence-corrected chi connectivity index (χ0v) is 16.8. The molecule has 20 heavy (non-hydrogen) atoms. The van der Waals surface area contributed by atoms with Crippen LogP contribution in [0.25, 0.3) is 0 Å². The number of halogens is 4. The average molecular weight is 530 g/mol. The summed E-state index contributed by atoms with van der Waals surface area (Å²) >= 11 is 13.9. The van der Waals surface area contributed by atoms with Gasteiger partial charge in [0.2, 0.25) is 0 Å². The van der Waals surface area contributed by atoms with E-state index in [0.717, 1.165) is 30.2 Å². The largest absolute Gasteiger partial charge is 0.496 e. The Morgan fingerprint density at radius 1 is 0.850 bits per heavy atom. The topological polar surface area (TPSA) is 18.5 Å². The second kappa shape index (κ2) is 7.29. The van der Waals surface area contributed by atoms with Crippen LogP contribution < -0.4 is 9.47 Å². The average Bonchev–Trinajstić information content (AvgIpc) is 2.44. The van der Waals surface area contributed by atoms with Gasteiger partial charge in [0.25, 0.3) is 0 Å². The Hall–Kier alpha value is -0.0400. The molecule has 0 amide bonds. The fraction of sp³-hybridized carbons (Fsp3) is 0.143. The van der Waals surface area contributed by atoms with Gasteiger partial charge in [-0.15, -0.1) is 0 Å². The van der Waals surface area contributed by atoms with Crippen LogP contribution in [0.4, 0.5) is 0 Å². The number of hydrogen-bond acceptors (Lipinski definition) is 2. The third-order valence-corrected chi connectivity index (χ3v) is 5.08. The van der Waals surface area contributed by atoms with Gasteiger partial charge in [0.05, 0.1) is 20.5 Å². The van der Waals surface area contributed by atoms with Crippen LogP contribution in [0.15, 0.2) is 43.7 Å². The van der Waals surface area contributed by atoms with Crippen LogP contribution in [0.2, 0.25) is 0 Å². The second-order valence-corrected chi connectivity index (χ2v) is 7.04. The molecule has 0 heterocycles. The van der Waals surface area contributed by atoms with Gasteiger partial charge in [0, 0.05) is 5.33 Å². The summed E-state index contributed by atoms with van der Waals surface area (Å²) in [6.07, 6.45) is 0. The molecule has 0 bridgehead atoms. The van der Waals surface area contributed by atoms with Crippen molar-refractivity contribution in [3.63, 3.8) is 0 Å². The van der Waals surface area contributed by atoms with Gasteiger partial charge in [-0.05, 0) is 77.6 Å². The van der Waals surface area contributed by atoms with E-state index in [1.54, 1.807) is 7.11 Å². The number of ether oxygens (including phenoxy) is 2. The molecule has 0 radical (unpaired) electrons. The minimum atomic E-state index is 0.713. The normalized spacial score (nSPS) is 10.4. The van der Waals surface area contributed by atoms with Crippen LogP contribution in [0, 0.1) is 0 Å². The first-order chi connectivity index (χ1) is 9.55. The van der Waals surface area contributed by atoms with E-state index in [4.69, 9.17) is 9.47 Å². The number of hydrogen-bond donors (Lipinski definition) is 0. The van der Waals surface area contributed by atoms with Gasteiger partial charge >= 0.3 is 0 Å². The molecule has 2 aromatic carbocycles. The SMILES string of the molecule is COc1cc(Br)c(Oc2ccc(CBr)cc2Br)cc1Br. The third kappa shape index (κ3) is 3.78. The molecule has 0 aliphatic rings. The van der Waals surface area contributed by atoms with E-state index in [0.29, 0.717) is 5.75 Å². The van der Waals surface area contributed by atoms with Gasteiger partial charge in [-0.25, -0.2) is 0 Å². The molecule has 106 valence electrons. The minimum absolute atomic E-state index is 0.713. The highest BCUT2D eigenvalue weighted by molar-refractivity contribution is 9.11. The summed E-state index contributed by atoms with van der Waals surface area (Å²) < 4.78 is 13.7. The van der Waals surface area contributed by atoms with Crippen LogP contribution in [0.1, 0.15) is 5.56 Å². The summed E-state index contributed by atoms with van der Waals surface area (Å²) in [6, 6.07) is 9.71. The van der Waals surface area contributed by atoms with E-state index in [1.807, 2.05) is 30.3 Å². The Kier molecular flexibility index (Phi) is 5.95. The summed E-state index contributed by atoms with van der Waals surface area (Å²) in [4.78, 5) is 0. The standard InChI is InChI=1S/C14H10Br4O2/c1-19-13-5-11(18)14(6-10(13)17)20-12-3-2-8(7-15)4-9(12)16/h2-6H,7H2,1H3. The Labute approximate surface area is 151 Å². The van der Waals surface area contributed by atoms with Crippen molar-refractivity contribution in [2.24, 2.45) is 0 Å². The minimum Gasteiger partial charge on any atom is -0.496 e. The summed E-state index contributed by atoms with van der Waals surface area (Å²) in [5.41, 5.74) is 1.18. The molecule has 0 atom stereocenters. The molecule has 0 aromatic heterocycles. The van der Waals surface area contributed by atoms with Crippen LogP contribution in [-0.4, -0.2) is 7.11 Å². The highest BCUT2D eigenvalue weighted by Crippen LogP contribution is 2.39. The molecule has 0 aliphatic carbocycles. The van der Waals surface area contributed by atoms with E-state index in [1.165, 1.54) is 5.56 Å². The summed E-state index contributed by atoms with van der Waals surface area (Å²) in [5, 5.41) is 0.809. The Morgan fingerprint density at radius 3 is 2.05 bits per heavy atom. The second-order valence-electron chi connectivity index (χ2n) is 3.92. The highest BCUT2D eigenvalue weighted by Gasteiger charge is 2.11. The van der Waals surface area contributed by atoms with Crippen molar-refractivity contribution in [1.82, 2.24) is 0 Å². The molecule has 0 spiro atoms. The van der Waals surface area contributed by atoms with Crippen molar-refractivity contribution in [1.29, 1.82) is 0 Å². The lowest BCUT2D eigenvalue weighted by molar-refractivity contribution is 0.409. The van der Waals surface area contributed by atoms with Gasteiger partial charge in [0.1, 0.15) is 17.2 Å². The van der Waals surface area contributed by atoms with Crippen molar-refractivity contribution < 1.29 is 9.47 Å². The first kappa shape index (κ1) is 16.3. The molecular weight excluding hydrogens is 520 g/mol. The van der Waals surface area contributed by atoms with E-state index in [-0.39, 0.29) is 0 Å². The predicted octanol–water partition coefficient (Wildman–Crippen LogP) is 6.67. The lowest BCUT2D eigenvalue weighted by Gasteiger charge is -2.12. The van der Waals surface area contributed by atoms with Crippen molar-refractivity contribution in [3.05, 3.63) is 49.3 Å². The first-order valence-electron chi connectivity index (χ1n) is 5.60. The lowest BCUT2D eigenvalue weighted by Crippen LogP contribution is -1.91. The molecule has 0 fully saturated rings. The van der Waals surface area contributed by atoms with Gasteiger partial charge in [-0.1, -0.05) is 22.0 Å². The van der Waals surface area contributed by atoms with Crippen molar-refractivity contribution in [3.8, 4) is 17.2 Å². The van der Waals surface area contributed by atoms with Gasteiger partial charge in [-0.3, -0.25) is 0 Å². The van der Waals surface area contributed by atoms with E-state index in [9.17, 15) is 0 Å². The highest BCUT2D eigenvalue weighted by atomic mass is 79.9. The number of methoxy groups -OCH3 is 1. The third-order valence-electron chi connectivity index (χ3n) is 2.58. The van der Waals surface area contributed by atoms with Gasteiger partial charge in [-0.2, -0.15) is 0 Å². The molecule has 2 nitrogen and oxygen atoms in total.